The van der Waals surface area contributed by atoms with Gasteiger partial charge in [-0.25, -0.2) is 8.42 Å². The van der Waals surface area contributed by atoms with E-state index in [4.69, 9.17) is 0 Å². The smallest absolute Gasteiger partial charge is 0.264 e. The first-order chi connectivity index (χ1) is 14.2. The third-order valence-electron chi connectivity index (χ3n) is 4.87. The second kappa shape index (κ2) is 9.02. The molecule has 0 aliphatic heterocycles. The third-order valence-corrected chi connectivity index (χ3v) is 7.17. The number of nitrogens with one attached hydrogen (secondary N) is 1. The van der Waals surface area contributed by atoms with E-state index in [1.807, 2.05) is 26.8 Å². The highest BCUT2D eigenvalue weighted by atomic mass is 79.9. The molecule has 30 heavy (non-hydrogen) atoms. The molecular weight excluding hydrogens is 464 g/mol. The minimum absolute atomic E-state index is 0.144. The quantitative estimate of drug-likeness (QED) is 0.519. The maximum atomic E-state index is 13.5. The Morgan fingerprint density at radius 2 is 1.57 bits per heavy atom. The van der Waals surface area contributed by atoms with Crippen molar-refractivity contribution in [3.8, 4) is 0 Å². The number of carbonyl (C=O) groups excluding carboxylic acids is 1. The topological polar surface area (TPSA) is 66.5 Å². The molecule has 0 bridgehead atoms. The number of hydrogen-bond acceptors (Lipinski definition) is 3. The number of carbonyl (C=O) groups is 1. The molecule has 0 saturated heterocycles. The minimum Gasteiger partial charge on any atom is -0.325 e. The van der Waals surface area contributed by atoms with Crippen molar-refractivity contribution in [1.29, 1.82) is 0 Å². The number of benzene rings is 3. The molecule has 3 aromatic rings. The van der Waals surface area contributed by atoms with Crippen LogP contribution >= 0.6 is 15.9 Å². The van der Waals surface area contributed by atoms with Crippen molar-refractivity contribution in [2.45, 2.75) is 25.7 Å². The molecule has 0 aliphatic carbocycles. The summed E-state index contributed by atoms with van der Waals surface area (Å²) >= 11 is 3.35. The van der Waals surface area contributed by atoms with Gasteiger partial charge in [0.2, 0.25) is 5.91 Å². The molecular formula is C23H23BrN2O3S. The SMILES string of the molecule is Cc1ccc(S(=O)(=O)N(CC(=O)Nc2ccc(Br)cc2)c2cccc(C)c2C)cc1. The fourth-order valence-electron chi connectivity index (χ4n) is 3.01. The van der Waals surface area contributed by atoms with Gasteiger partial charge in [0.15, 0.2) is 0 Å². The molecule has 0 heterocycles. The lowest BCUT2D eigenvalue weighted by atomic mass is 10.1. The largest absolute Gasteiger partial charge is 0.325 e. The number of aryl methyl sites for hydroxylation is 2. The van der Waals surface area contributed by atoms with Gasteiger partial charge in [-0.05, 0) is 74.4 Å². The van der Waals surface area contributed by atoms with E-state index in [0.717, 1.165) is 21.2 Å². The second-order valence-corrected chi connectivity index (χ2v) is 9.88. The highest BCUT2D eigenvalue weighted by Crippen LogP contribution is 2.29. The van der Waals surface area contributed by atoms with Crippen LogP contribution in [0.5, 0.6) is 0 Å². The Morgan fingerprint density at radius 3 is 2.20 bits per heavy atom. The minimum atomic E-state index is -3.94. The van der Waals surface area contributed by atoms with Crippen LogP contribution in [0.2, 0.25) is 0 Å². The van der Waals surface area contributed by atoms with Gasteiger partial charge in [0.1, 0.15) is 6.54 Å². The molecule has 3 rings (SSSR count). The van der Waals surface area contributed by atoms with Crippen LogP contribution in [-0.2, 0) is 14.8 Å². The Labute approximate surface area is 185 Å². The highest BCUT2D eigenvalue weighted by Gasteiger charge is 2.28. The molecule has 1 N–H and O–H groups in total. The first-order valence-electron chi connectivity index (χ1n) is 9.39. The molecule has 156 valence electrons. The van der Waals surface area contributed by atoms with Crippen LogP contribution in [0, 0.1) is 20.8 Å². The molecule has 0 aliphatic rings. The zero-order valence-corrected chi connectivity index (χ0v) is 19.4. The molecule has 7 heteroatoms. The Kier molecular flexibility index (Phi) is 6.63. The number of anilines is 2. The number of halogens is 1. The van der Waals surface area contributed by atoms with E-state index in [2.05, 4.69) is 21.2 Å². The standard InChI is InChI=1S/C23H23BrN2O3S/c1-16-7-13-21(14-8-16)30(28,29)26(22-6-4-5-17(2)18(22)3)15-23(27)25-20-11-9-19(24)10-12-20/h4-14H,15H2,1-3H3,(H,25,27). The number of sulfonamides is 1. The normalized spacial score (nSPS) is 11.2. The Bertz CT molecular complexity index is 1160. The van der Waals surface area contributed by atoms with E-state index in [0.29, 0.717) is 11.4 Å². The van der Waals surface area contributed by atoms with Crippen LogP contribution < -0.4 is 9.62 Å². The molecule has 5 nitrogen and oxygen atoms in total. The van der Waals surface area contributed by atoms with E-state index in [9.17, 15) is 13.2 Å². The second-order valence-electron chi connectivity index (χ2n) is 7.10. The van der Waals surface area contributed by atoms with Gasteiger partial charge in [0, 0.05) is 10.2 Å². The summed E-state index contributed by atoms with van der Waals surface area (Å²) in [6.07, 6.45) is 0. The lowest BCUT2D eigenvalue weighted by Gasteiger charge is -2.26. The predicted octanol–water partition coefficient (Wildman–Crippen LogP) is 5.21. The summed E-state index contributed by atoms with van der Waals surface area (Å²) in [4.78, 5) is 12.9. The highest BCUT2D eigenvalue weighted by molar-refractivity contribution is 9.10. The van der Waals surface area contributed by atoms with Gasteiger partial charge in [-0.3, -0.25) is 9.10 Å². The molecule has 1 amide bonds. The van der Waals surface area contributed by atoms with Crippen LogP contribution in [0.4, 0.5) is 11.4 Å². The molecule has 0 saturated carbocycles. The van der Waals surface area contributed by atoms with Gasteiger partial charge in [-0.1, -0.05) is 45.8 Å². The zero-order valence-electron chi connectivity index (χ0n) is 17.0. The fourth-order valence-corrected chi connectivity index (χ4v) is 4.75. The van der Waals surface area contributed by atoms with Crippen LogP contribution in [-0.4, -0.2) is 20.9 Å². The lowest BCUT2D eigenvalue weighted by molar-refractivity contribution is -0.114. The molecule has 0 unspecified atom stereocenters. The van der Waals surface area contributed by atoms with E-state index in [1.165, 1.54) is 4.31 Å². The summed E-state index contributed by atoms with van der Waals surface area (Å²) in [5.41, 5.74) is 3.80. The average molecular weight is 487 g/mol. The van der Waals surface area contributed by atoms with Crippen molar-refractivity contribution in [2.24, 2.45) is 0 Å². The maximum absolute atomic E-state index is 13.5. The summed E-state index contributed by atoms with van der Waals surface area (Å²) < 4.78 is 29.0. The summed E-state index contributed by atoms with van der Waals surface area (Å²) in [5, 5.41) is 2.77. The predicted molar refractivity (Wildman–Crippen MR) is 124 cm³/mol. The molecule has 0 radical (unpaired) electrons. The van der Waals surface area contributed by atoms with Gasteiger partial charge < -0.3 is 5.32 Å². The van der Waals surface area contributed by atoms with Crippen molar-refractivity contribution in [1.82, 2.24) is 0 Å². The Morgan fingerprint density at radius 1 is 0.933 bits per heavy atom. The summed E-state index contributed by atoms with van der Waals surface area (Å²) in [6.45, 7) is 5.33. The van der Waals surface area contributed by atoms with E-state index >= 15 is 0 Å². The van der Waals surface area contributed by atoms with E-state index in [-0.39, 0.29) is 11.4 Å². The van der Waals surface area contributed by atoms with Crippen molar-refractivity contribution in [2.75, 3.05) is 16.2 Å². The number of nitrogens with zero attached hydrogens (tertiary/aromatic N) is 1. The van der Waals surface area contributed by atoms with Crippen LogP contribution in [0.1, 0.15) is 16.7 Å². The van der Waals surface area contributed by atoms with Crippen molar-refractivity contribution in [3.63, 3.8) is 0 Å². The van der Waals surface area contributed by atoms with Gasteiger partial charge in [0.25, 0.3) is 10.0 Å². The van der Waals surface area contributed by atoms with Gasteiger partial charge >= 0.3 is 0 Å². The lowest BCUT2D eigenvalue weighted by Crippen LogP contribution is -2.38. The molecule has 0 aromatic heterocycles. The van der Waals surface area contributed by atoms with E-state index < -0.39 is 15.9 Å². The van der Waals surface area contributed by atoms with Gasteiger partial charge in [-0.2, -0.15) is 0 Å². The average Bonchev–Trinajstić information content (AvgIpc) is 2.70. The summed E-state index contributed by atoms with van der Waals surface area (Å²) in [5.74, 6) is -0.422. The Hall–Kier alpha value is -2.64. The molecule has 0 fully saturated rings. The van der Waals surface area contributed by atoms with Crippen LogP contribution in [0.25, 0.3) is 0 Å². The van der Waals surface area contributed by atoms with Gasteiger partial charge in [0.05, 0.1) is 10.6 Å². The summed E-state index contributed by atoms with van der Waals surface area (Å²) in [7, 11) is -3.94. The third kappa shape index (κ3) is 4.91. The fraction of sp³-hybridized carbons (Fsp3) is 0.174. The van der Waals surface area contributed by atoms with Crippen LogP contribution in [0.15, 0.2) is 76.1 Å². The van der Waals surface area contributed by atoms with Crippen molar-refractivity contribution < 1.29 is 13.2 Å². The number of hydrogen-bond donors (Lipinski definition) is 1. The first-order valence-corrected chi connectivity index (χ1v) is 11.6. The molecule has 0 spiro atoms. The molecule has 3 aromatic carbocycles. The number of rotatable bonds is 6. The molecule has 0 atom stereocenters. The van der Waals surface area contributed by atoms with Crippen molar-refractivity contribution in [3.05, 3.63) is 87.9 Å². The Balaban J connectivity index is 1.99. The monoisotopic (exact) mass is 486 g/mol. The first kappa shape index (κ1) is 22.1. The maximum Gasteiger partial charge on any atom is 0.264 e. The summed E-state index contributed by atoms with van der Waals surface area (Å²) in [6, 6.07) is 19.2. The van der Waals surface area contributed by atoms with Crippen LogP contribution in [0.3, 0.4) is 0 Å². The number of amides is 1. The van der Waals surface area contributed by atoms with E-state index in [1.54, 1.807) is 60.7 Å². The van der Waals surface area contributed by atoms with Gasteiger partial charge in [-0.15, -0.1) is 0 Å². The van der Waals surface area contributed by atoms with Crippen molar-refractivity contribution >= 4 is 43.2 Å². The zero-order chi connectivity index (χ0) is 21.9.